The first-order valence-corrected chi connectivity index (χ1v) is 5.97. The third kappa shape index (κ3) is 2.28. The Balaban J connectivity index is 1.91. The van der Waals surface area contributed by atoms with Crippen LogP contribution in [0.4, 0.5) is 4.39 Å². The molecule has 3 rings (SSSR count). The first-order chi connectivity index (χ1) is 9.78. The van der Waals surface area contributed by atoms with Crippen molar-refractivity contribution in [3.05, 3.63) is 36.3 Å². The average Bonchev–Trinajstić information content (AvgIpc) is 3.08. The summed E-state index contributed by atoms with van der Waals surface area (Å²) < 4.78 is 20.3. The molecule has 20 heavy (non-hydrogen) atoms. The van der Waals surface area contributed by atoms with Gasteiger partial charge >= 0.3 is 0 Å². The molecule has 0 saturated carbocycles. The minimum Gasteiger partial charge on any atom is -0.332 e. The minimum absolute atomic E-state index is 0.173. The van der Waals surface area contributed by atoms with Crippen molar-refractivity contribution < 1.29 is 8.91 Å². The molecule has 2 N–H and O–H groups in total. The van der Waals surface area contributed by atoms with E-state index in [0.717, 1.165) is 0 Å². The predicted octanol–water partition coefficient (Wildman–Crippen LogP) is 1.09. The molecule has 7 nitrogen and oxygen atoms in total. The van der Waals surface area contributed by atoms with Crippen LogP contribution in [0.5, 0.6) is 0 Å². The van der Waals surface area contributed by atoms with Crippen LogP contribution in [0.15, 0.2) is 35.0 Å². The van der Waals surface area contributed by atoms with Crippen LogP contribution in [0, 0.1) is 5.82 Å². The van der Waals surface area contributed by atoms with Gasteiger partial charge in [-0.2, -0.15) is 4.98 Å². The van der Waals surface area contributed by atoms with E-state index in [-0.39, 0.29) is 17.3 Å². The summed E-state index contributed by atoms with van der Waals surface area (Å²) in [6.07, 6.45) is 1.64. The number of hydrogen-bond acceptors (Lipinski definition) is 6. The van der Waals surface area contributed by atoms with E-state index in [9.17, 15) is 4.39 Å². The van der Waals surface area contributed by atoms with Crippen LogP contribution in [-0.2, 0) is 6.54 Å². The molecule has 0 bridgehead atoms. The Kier molecular flexibility index (Phi) is 3.21. The van der Waals surface area contributed by atoms with Crippen LogP contribution in [0.25, 0.3) is 23.0 Å². The maximum absolute atomic E-state index is 13.6. The predicted molar refractivity (Wildman–Crippen MR) is 67.8 cm³/mol. The molecule has 102 valence electrons. The molecule has 8 heteroatoms. The van der Waals surface area contributed by atoms with Gasteiger partial charge in [0.25, 0.3) is 5.89 Å². The van der Waals surface area contributed by atoms with E-state index in [1.54, 1.807) is 29.1 Å². The van der Waals surface area contributed by atoms with E-state index in [1.165, 1.54) is 6.07 Å². The molecule has 0 atom stereocenters. The number of aromatic nitrogens is 5. The third-order valence-corrected chi connectivity index (χ3v) is 2.66. The van der Waals surface area contributed by atoms with Crippen LogP contribution in [0.2, 0.25) is 0 Å². The lowest BCUT2D eigenvalue weighted by Gasteiger charge is -1.94. The van der Waals surface area contributed by atoms with E-state index >= 15 is 0 Å². The Morgan fingerprint density at radius 2 is 2.15 bits per heavy atom. The van der Waals surface area contributed by atoms with Gasteiger partial charge in [-0.1, -0.05) is 22.5 Å². The van der Waals surface area contributed by atoms with E-state index in [1.807, 2.05) is 0 Å². The Bertz CT molecular complexity index is 722. The van der Waals surface area contributed by atoms with E-state index in [2.05, 4.69) is 20.5 Å². The van der Waals surface area contributed by atoms with Gasteiger partial charge in [-0.15, -0.1) is 5.10 Å². The van der Waals surface area contributed by atoms with Gasteiger partial charge in [-0.3, -0.25) is 4.68 Å². The van der Waals surface area contributed by atoms with Crippen molar-refractivity contribution in [3.63, 3.8) is 0 Å². The Hall–Kier alpha value is -2.61. The molecular weight excluding hydrogens is 263 g/mol. The fraction of sp³-hybridized carbons (Fsp3) is 0.167. The molecule has 1 aromatic carbocycles. The number of nitrogens with zero attached hydrogens (tertiary/aromatic N) is 5. The monoisotopic (exact) mass is 274 g/mol. The third-order valence-electron chi connectivity index (χ3n) is 2.66. The molecule has 0 aliphatic heterocycles. The summed E-state index contributed by atoms with van der Waals surface area (Å²) in [4.78, 5) is 4.12. The SMILES string of the molecule is NCCn1cc(-c2nc(-c3ccccc3F)no2)nn1. The lowest BCUT2D eigenvalue weighted by atomic mass is 10.2. The molecule has 0 saturated heterocycles. The molecule has 0 radical (unpaired) electrons. The summed E-state index contributed by atoms with van der Waals surface area (Å²) in [5, 5.41) is 11.5. The molecule has 3 aromatic rings. The number of hydrogen-bond donors (Lipinski definition) is 1. The van der Waals surface area contributed by atoms with Gasteiger partial charge < -0.3 is 10.3 Å². The number of rotatable bonds is 4. The normalized spacial score (nSPS) is 10.9. The maximum Gasteiger partial charge on any atom is 0.280 e. The first-order valence-electron chi connectivity index (χ1n) is 5.97. The van der Waals surface area contributed by atoms with Gasteiger partial charge in [-0.25, -0.2) is 4.39 Å². The van der Waals surface area contributed by atoms with Crippen molar-refractivity contribution in [2.45, 2.75) is 6.54 Å². The molecule has 0 amide bonds. The number of nitrogens with two attached hydrogens (primary N) is 1. The van der Waals surface area contributed by atoms with Crippen LogP contribution >= 0.6 is 0 Å². The standard InChI is InChI=1S/C12H11FN6O/c13-9-4-2-1-3-8(9)11-15-12(20-17-11)10-7-19(6-5-14)18-16-10/h1-4,7H,5-6,14H2. The minimum atomic E-state index is -0.411. The quantitative estimate of drug-likeness (QED) is 0.765. The zero-order chi connectivity index (χ0) is 13.9. The van der Waals surface area contributed by atoms with Crippen molar-refractivity contribution in [3.8, 4) is 23.0 Å². The average molecular weight is 274 g/mol. The highest BCUT2D eigenvalue weighted by atomic mass is 19.1. The summed E-state index contributed by atoms with van der Waals surface area (Å²) >= 11 is 0. The van der Waals surface area contributed by atoms with Crippen LogP contribution in [0.1, 0.15) is 0 Å². The van der Waals surface area contributed by atoms with E-state index in [0.29, 0.717) is 18.8 Å². The largest absolute Gasteiger partial charge is 0.332 e. The lowest BCUT2D eigenvalue weighted by molar-refractivity contribution is 0.430. The second-order valence-corrected chi connectivity index (χ2v) is 4.06. The summed E-state index contributed by atoms with van der Waals surface area (Å²) in [6, 6.07) is 6.21. The molecule has 2 aromatic heterocycles. The smallest absolute Gasteiger partial charge is 0.280 e. The molecule has 0 unspecified atom stereocenters. The topological polar surface area (TPSA) is 95.7 Å². The van der Waals surface area contributed by atoms with Gasteiger partial charge in [-0.05, 0) is 12.1 Å². The fourth-order valence-electron chi connectivity index (χ4n) is 1.72. The van der Waals surface area contributed by atoms with Crippen LogP contribution < -0.4 is 5.73 Å². The van der Waals surface area contributed by atoms with Gasteiger partial charge in [0.1, 0.15) is 5.82 Å². The summed E-state index contributed by atoms with van der Waals surface area (Å²) in [5.41, 5.74) is 6.12. The highest BCUT2D eigenvalue weighted by Gasteiger charge is 2.15. The summed E-state index contributed by atoms with van der Waals surface area (Å²) in [5.74, 6) is -0.0513. The van der Waals surface area contributed by atoms with Crippen LogP contribution in [-0.4, -0.2) is 31.7 Å². The molecule has 0 aliphatic carbocycles. The van der Waals surface area contributed by atoms with Crippen molar-refractivity contribution in [1.29, 1.82) is 0 Å². The molecule has 0 aliphatic rings. The van der Waals surface area contributed by atoms with Crippen molar-refractivity contribution in [2.24, 2.45) is 5.73 Å². The highest BCUT2D eigenvalue weighted by Crippen LogP contribution is 2.22. The molecule has 2 heterocycles. The van der Waals surface area contributed by atoms with Crippen molar-refractivity contribution in [2.75, 3.05) is 6.54 Å². The number of halogens is 1. The van der Waals surface area contributed by atoms with Crippen molar-refractivity contribution >= 4 is 0 Å². The van der Waals surface area contributed by atoms with E-state index in [4.69, 9.17) is 10.3 Å². The van der Waals surface area contributed by atoms with Crippen LogP contribution in [0.3, 0.4) is 0 Å². The Morgan fingerprint density at radius 1 is 1.30 bits per heavy atom. The van der Waals surface area contributed by atoms with Gasteiger partial charge in [0.15, 0.2) is 5.69 Å². The first kappa shape index (κ1) is 12.4. The summed E-state index contributed by atoms with van der Waals surface area (Å²) in [6.45, 7) is 0.994. The highest BCUT2D eigenvalue weighted by molar-refractivity contribution is 5.57. The lowest BCUT2D eigenvalue weighted by Crippen LogP contribution is -2.10. The summed E-state index contributed by atoms with van der Waals surface area (Å²) in [7, 11) is 0. The van der Waals surface area contributed by atoms with Crippen molar-refractivity contribution in [1.82, 2.24) is 25.1 Å². The van der Waals surface area contributed by atoms with Gasteiger partial charge in [0.2, 0.25) is 5.82 Å². The Morgan fingerprint density at radius 3 is 2.95 bits per heavy atom. The molecule has 0 spiro atoms. The zero-order valence-electron chi connectivity index (χ0n) is 10.4. The second kappa shape index (κ2) is 5.17. The van der Waals surface area contributed by atoms with Gasteiger partial charge in [0, 0.05) is 6.54 Å². The van der Waals surface area contributed by atoms with E-state index < -0.39 is 5.82 Å². The Labute approximate surface area is 113 Å². The zero-order valence-corrected chi connectivity index (χ0v) is 10.4. The van der Waals surface area contributed by atoms with Gasteiger partial charge in [0.05, 0.1) is 18.3 Å². The second-order valence-electron chi connectivity index (χ2n) is 4.06. The number of benzene rings is 1. The molecule has 0 fully saturated rings. The molecular formula is C12H11FN6O. The maximum atomic E-state index is 13.6. The fourth-order valence-corrected chi connectivity index (χ4v) is 1.72.